The molecular formula is C18H26N2O2S. The number of sulfone groups is 1. The Kier molecular flexibility index (Phi) is 5.19. The molecule has 2 heterocycles. The maximum atomic E-state index is 11.6. The molecule has 2 saturated heterocycles. The normalized spacial score (nSPS) is 26.5. The Hall–Kier alpha value is -1.17. The predicted octanol–water partition coefficient (Wildman–Crippen LogP) is 1.89. The molecule has 0 N–H and O–H groups in total. The molecule has 23 heavy (non-hydrogen) atoms. The van der Waals surface area contributed by atoms with Gasteiger partial charge in [-0.05, 0) is 18.9 Å². The van der Waals surface area contributed by atoms with Gasteiger partial charge in [0.2, 0.25) is 0 Å². The van der Waals surface area contributed by atoms with E-state index in [1.54, 1.807) is 0 Å². The third-order valence-electron chi connectivity index (χ3n) is 4.82. The Morgan fingerprint density at radius 2 is 1.87 bits per heavy atom. The predicted molar refractivity (Wildman–Crippen MR) is 95.2 cm³/mol. The molecule has 0 unspecified atom stereocenters. The number of nitrogens with zero attached hydrogens (tertiary/aromatic N) is 2. The molecule has 0 saturated carbocycles. The summed E-state index contributed by atoms with van der Waals surface area (Å²) in [6.45, 7) is 7.19. The van der Waals surface area contributed by atoms with Gasteiger partial charge in [0.25, 0.3) is 0 Å². The van der Waals surface area contributed by atoms with E-state index in [2.05, 4.69) is 47.1 Å². The van der Waals surface area contributed by atoms with Crippen molar-refractivity contribution in [1.82, 2.24) is 9.80 Å². The summed E-state index contributed by atoms with van der Waals surface area (Å²) in [6, 6.07) is 10.7. The quantitative estimate of drug-likeness (QED) is 0.843. The molecule has 4 nitrogen and oxygen atoms in total. The van der Waals surface area contributed by atoms with E-state index in [1.165, 1.54) is 11.1 Å². The van der Waals surface area contributed by atoms with E-state index in [0.717, 1.165) is 39.1 Å². The topological polar surface area (TPSA) is 40.6 Å². The van der Waals surface area contributed by atoms with Crippen LogP contribution in [0.2, 0.25) is 0 Å². The monoisotopic (exact) mass is 334 g/mol. The van der Waals surface area contributed by atoms with Gasteiger partial charge in [0.15, 0.2) is 9.84 Å². The lowest BCUT2D eigenvalue weighted by Crippen LogP contribution is -2.50. The average Bonchev–Trinajstić information content (AvgIpc) is 2.89. The minimum atomic E-state index is -2.78. The molecule has 126 valence electrons. The van der Waals surface area contributed by atoms with E-state index in [1.807, 2.05) is 6.07 Å². The van der Waals surface area contributed by atoms with Crippen LogP contribution in [0.4, 0.5) is 0 Å². The van der Waals surface area contributed by atoms with Crippen LogP contribution in [-0.2, 0) is 9.84 Å². The third-order valence-corrected chi connectivity index (χ3v) is 6.57. The van der Waals surface area contributed by atoms with Crippen molar-refractivity contribution in [2.45, 2.75) is 19.4 Å². The second-order valence-electron chi connectivity index (χ2n) is 6.77. The van der Waals surface area contributed by atoms with Gasteiger partial charge in [0, 0.05) is 38.8 Å². The van der Waals surface area contributed by atoms with Gasteiger partial charge in [-0.25, -0.2) is 8.42 Å². The van der Waals surface area contributed by atoms with E-state index in [4.69, 9.17) is 0 Å². The molecule has 1 aromatic rings. The SMILES string of the molecule is C/C(=C\c1ccccc1)CN1CCN([C@@H]2CCS(=O)(=O)C2)CC1. The molecule has 1 atom stereocenters. The molecule has 0 amide bonds. The Labute approximate surface area is 139 Å². The Bertz CT molecular complexity index is 647. The van der Waals surface area contributed by atoms with E-state index in [9.17, 15) is 8.42 Å². The van der Waals surface area contributed by atoms with Gasteiger partial charge in [0.1, 0.15) is 0 Å². The molecule has 2 aliphatic rings. The summed E-state index contributed by atoms with van der Waals surface area (Å²) < 4.78 is 23.2. The molecule has 2 aliphatic heterocycles. The molecule has 3 rings (SSSR count). The highest BCUT2D eigenvalue weighted by atomic mass is 32.2. The first-order chi connectivity index (χ1) is 11.0. The van der Waals surface area contributed by atoms with E-state index < -0.39 is 9.84 Å². The second kappa shape index (κ2) is 7.16. The molecule has 0 aromatic heterocycles. The fourth-order valence-electron chi connectivity index (χ4n) is 3.58. The summed E-state index contributed by atoms with van der Waals surface area (Å²) in [5.74, 6) is 0.733. The lowest BCUT2D eigenvalue weighted by Gasteiger charge is -2.37. The number of piperazine rings is 1. The van der Waals surface area contributed by atoms with Gasteiger partial charge >= 0.3 is 0 Å². The highest BCUT2D eigenvalue weighted by molar-refractivity contribution is 7.91. The van der Waals surface area contributed by atoms with Gasteiger partial charge < -0.3 is 0 Å². The zero-order valence-corrected chi connectivity index (χ0v) is 14.6. The first-order valence-corrected chi connectivity index (χ1v) is 10.2. The van der Waals surface area contributed by atoms with Crippen molar-refractivity contribution in [3.05, 3.63) is 41.5 Å². The van der Waals surface area contributed by atoms with Gasteiger partial charge in [-0.1, -0.05) is 42.0 Å². The van der Waals surface area contributed by atoms with Crippen molar-refractivity contribution < 1.29 is 8.42 Å². The van der Waals surface area contributed by atoms with Crippen molar-refractivity contribution >= 4 is 15.9 Å². The average molecular weight is 334 g/mol. The minimum Gasteiger partial charge on any atom is -0.297 e. The van der Waals surface area contributed by atoms with E-state index in [0.29, 0.717) is 11.5 Å². The molecule has 1 aromatic carbocycles. The maximum absolute atomic E-state index is 11.6. The van der Waals surface area contributed by atoms with Crippen LogP contribution in [0.5, 0.6) is 0 Å². The Morgan fingerprint density at radius 3 is 2.48 bits per heavy atom. The van der Waals surface area contributed by atoms with Gasteiger partial charge in [0.05, 0.1) is 11.5 Å². The highest BCUT2D eigenvalue weighted by Gasteiger charge is 2.33. The third kappa shape index (κ3) is 4.66. The summed E-state index contributed by atoms with van der Waals surface area (Å²) >= 11 is 0. The van der Waals surface area contributed by atoms with Crippen LogP contribution in [0, 0.1) is 0 Å². The minimum absolute atomic E-state index is 0.253. The molecule has 0 bridgehead atoms. The van der Waals surface area contributed by atoms with Crippen LogP contribution in [0.15, 0.2) is 35.9 Å². The van der Waals surface area contributed by atoms with Crippen LogP contribution in [-0.4, -0.2) is 68.5 Å². The molecule has 0 radical (unpaired) electrons. The summed E-state index contributed by atoms with van der Waals surface area (Å²) in [7, 11) is -2.78. The lowest BCUT2D eigenvalue weighted by molar-refractivity contribution is 0.111. The van der Waals surface area contributed by atoms with Gasteiger partial charge in [-0.3, -0.25) is 9.80 Å². The smallest absolute Gasteiger partial charge is 0.151 e. The Morgan fingerprint density at radius 1 is 1.17 bits per heavy atom. The van der Waals surface area contributed by atoms with E-state index >= 15 is 0 Å². The van der Waals surface area contributed by atoms with Crippen LogP contribution >= 0.6 is 0 Å². The number of benzene rings is 1. The molecule has 5 heteroatoms. The van der Waals surface area contributed by atoms with Crippen molar-refractivity contribution in [2.75, 3.05) is 44.2 Å². The van der Waals surface area contributed by atoms with Crippen LogP contribution in [0.25, 0.3) is 6.08 Å². The largest absolute Gasteiger partial charge is 0.297 e. The Balaban J connectivity index is 1.49. The highest BCUT2D eigenvalue weighted by Crippen LogP contribution is 2.19. The summed E-state index contributed by atoms with van der Waals surface area (Å²) in [6.07, 6.45) is 3.06. The fourth-order valence-corrected chi connectivity index (χ4v) is 5.34. The van der Waals surface area contributed by atoms with Crippen molar-refractivity contribution in [3.8, 4) is 0 Å². The lowest BCUT2D eigenvalue weighted by atomic mass is 10.1. The number of rotatable bonds is 4. The summed E-state index contributed by atoms with van der Waals surface area (Å²) in [4.78, 5) is 4.84. The molecule has 0 spiro atoms. The summed E-state index contributed by atoms with van der Waals surface area (Å²) in [5.41, 5.74) is 2.62. The molecule has 2 fully saturated rings. The fraction of sp³-hybridized carbons (Fsp3) is 0.556. The second-order valence-corrected chi connectivity index (χ2v) is 9.00. The van der Waals surface area contributed by atoms with Crippen LogP contribution in [0.3, 0.4) is 0 Å². The maximum Gasteiger partial charge on any atom is 0.151 e. The first kappa shape index (κ1) is 16.7. The van der Waals surface area contributed by atoms with Crippen LogP contribution in [0.1, 0.15) is 18.9 Å². The first-order valence-electron chi connectivity index (χ1n) is 8.41. The standard InChI is InChI=1S/C18H26N2O2S/c1-16(13-17-5-3-2-4-6-17)14-19-8-10-20(11-9-19)18-7-12-23(21,22)15-18/h2-6,13,18H,7-12,14-15H2,1H3/b16-13+/t18-/m1/s1. The zero-order chi connectivity index (χ0) is 16.3. The summed E-state index contributed by atoms with van der Waals surface area (Å²) in [5, 5.41) is 0. The number of hydrogen-bond donors (Lipinski definition) is 0. The van der Waals surface area contributed by atoms with Gasteiger partial charge in [-0.15, -0.1) is 0 Å². The molecule has 0 aliphatic carbocycles. The zero-order valence-electron chi connectivity index (χ0n) is 13.8. The molecular weight excluding hydrogens is 308 g/mol. The van der Waals surface area contributed by atoms with Gasteiger partial charge in [-0.2, -0.15) is 0 Å². The van der Waals surface area contributed by atoms with E-state index in [-0.39, 0.29) is 6.04 Å². The van der Waals surface area contributed by atoms with Crippen molar-refractivity contribution in [3.63, 3.8) is 0 Å². The van der Waals surface area contributed by atoms with Crippen LogP contribution < -0.4 is 0 Å². The van der Waals surface area contributed by atoms with Crippen molar-refractivity contribution in [2.24, 2.45) is 0 Å². The van der Waals surface area contributed by atoms with Crippen molar-refractivity contribution in [1.29, 1.82) is 0 Å². The number of hydrogen-bond acceptors (Lipinski definition) is 4.